The highest BCUT2D eigenvalue weighted by Crippen LogP contribution is 2.36. The minimum atomic E-state index is -4.89. The number of halogens is 5. The van der Waals surface area contributed by atoms with Crippen LogP contribution in [-0.4, -0.2) is 20.9 Å². The van der Waals surface area contributed by atoms with E-state index in [9.17, 15) is 18.0 Å². The zero-order valence-corrected chi connectivity index (χ0v) is 11.9. The van der Waals surface area contributed by atoms with Gasteiger partial charge in [-0.3, -0.25) is 0 Å². The number of alkyl halides is 3. The van der Waals surface area contributed by atoms with Gasteiger partial charge in [-0.1, -0.05) is 23.2 Å². The summed E-state index contributed by atoms with van der Waals surface area (Å²) in [6.07, 6.45) is -4.24. The van der Waals surface area contributed by atoms with Crippen molar-refractivity contribution in [3.63, 3.8) is 0 Å². The molecule has 0 saturated carbocycles. The maximum Gasteiger partial charge on any atom is 0.434 e. The molecule has 1 heterocycles. The number of rotatable bonds is 2. The van der Waals surface area contributed by atoms with Crippen LogP contribution in [0, 0.1) is 6.92 Å². The van der Waals surface area contributed by atoms with Gasteiger partial charge < -0.3 is 5.11 Å². The standard InChI is InChI=1S/C12H7Cl2F3N2O2/c1-5-8(3-2-7(13)9(5)14)19-10(12(15,16)17)6(4-18-19)11(20)21/h2-4H,1H3,(H,20,21). The van der Waals surface area contributed by atoms with E-state index in [1.807, 2.05) is 0 Å². The summed E-state index contributed by atoms with van der Waals surface area (Å²) in [6, 6.07) is 2.60. The van der Waals surface area contributed by atoms with E-state index in [2.05, 4.69) is 5.10 Å². The van der Waals surface area contributed by atoms with Crippen molar-refractivity contribution in [2.24, 2.45) is 0 Å². The van der Waals surface area contributed by atoms with Crippen LogP contribution in [0.2, 0.25) is 10.0 Å². The van der Waals surface area contributed by atoms with E-state index in [-0.39, 0.29) is 21.3 Å². The first-order valence-corrected chi connectivity index (χ1v) is 6.23. The van der Waals surface area contributed by atoms with Crippen LogP contribution in [0.1, 0.15) is 21.6 Å². The molecule has 0 aliphatic carbocycles. The van der Waals surface area contributed by atoms with Gasteiger partial charge in [0, 0.05) is 0 Å². The zero-order chi connectivity index (χ0) is 15.9. The Morgan fingerprint density at radius 3 is 2.48 bits per heavy atom. The molecule has 9 heteroatoms. The molecule has 0 radical (unpaired) electrons. The number of carboxylic acids is 1. The second-order valence-corrected chi connectivity index (χ2v) is 4.91. The van der Waals surface area contributed by atoms with E-state index >= 15 is 0 Å². The van der Waals surface area contributed by atoms with Crippen molar-refractivity contribution in [1.29, 1.82) is 0 Å². The SMILES string of the molecule is Cc1c(-n2ncc(C(=O)O)c2C(F)(F)F)ccc(Cl)c1Cl. The van der Waals surface area contributed by atoms with Crippen molar-refractivity contribution in [2.75, 3.05) is 0 Å². The van der Waals surface area contributed by atoms with Crippen LogP contribution >= 0.6 is 23.2 Å². The molecule has 0 aliphatic heterocycles. The Labute approximate surface area is 126 Å². The van der Waals surface area contributed by atoms with Gasteiger partial charge in [0.2, 0.25) is 0 Å². The summed E-state index contributed by atoms with van der Waals surface area (Å²) in [6.45, 7) is 1.46. The zero-order valence-electron chi connectivity index (χ0n) is 10.4. The fourth-order valence-corrected chi connectivity index (χ4v) is 2.20. The number of carboxylic acid groups (broad SMARTS) is 1. The molecule has 1 N–H and O–H groups in total. The van der Waals surface area contributed by atoms with Crippen molar-refractivity contribution in [2.45, 2.75) is 13.1 Å². The highest BCUT2D eigenvalue weighted by molar-refractivity contribution is 6.42. The molecule has 0 bridgehead atoms. The Balaban J connectivity index is 2.77. The Morgan fingerprint density at radius 2 is 1.95 bits per heavy atom. The summed E-state index contributed by atoms with van der Waals surface area (Å²) in [7, 11) is 0. The lowest BCUT2D eigenvalue weighted by Gasteiger charge is -2.14. The molecule has 112 valence electrons. The van der Waals surface area contributed by atoms with Crippen LogP contribution in [0.3, 0.4) is 0 Å². The van der Waals surface area contributed by atoms with Crippen molar-refractivity contribution in [3.05, 3.63) is 45.2 Å². The van der Waals surface area contributed by atoms with Crippen LogP contribution in [0.25, 0.3) is 5.69 Å². The first-order chi connectivity index (χ1) is 9.64. The summed E-state index contributed by atoms with van der Waals surface area (Å²) >= 11 is 11.7. The maximum atomic E-state index is 13.1. The molecule has 0 amide bonds. The third-order valence-electron chi connectivity index (χ3n) is 2.81. The molecule has 1 aromatic carbocycles. The third-order valence-corrected chi connectivity index (χ3v) is 3.71. The fourth-order valence-electron chi connectivity index (χ4n) is 1.83. The summed E-state index contributed by atoms with van der Waals surface area (Å²) in [4.78, 5) is 10.9. The van der Waals surface area contributed by atoms with Gasteiger partial charge in [-0.15, -0.1) is 0 Å². The predicted molar refractivity (Wildman–Crippen MR) is 70.3 cm³/mol. The molecule has 4 nitrogen and oxygen atoms in total. The van der Waals surface area contributed by atoms with E-state index < -0.39 is 23.4 Å². The number of hydrogen-bond donors (Lipinski definition) is 1. The average Bonchev–Trinajstić information content (AvgIpc) is 2.81. The second kappa shape index (κ2) is 5.23. The average molecular weight is 339 g/mol. The molecular formula is C12H7Cl2F3N2O2. The number of benzene rings is 1. The predicted octanol–water partition coefficient (Wildman–Crippen LogP) is 4.20. The van der Waals surface area contributed by atoms with Crippen molar-refractivity contribution in [3.8, 4) is 5.69 Å². The first-order valence-electron chi connectivity index (χ1n) is 5.48. The number of aromatic carboxylic acids is 1. The summed E-state index contributed by atoms with van der Waals surface area (Å²) < 4.78 is 39.9. The molecule has 2 aromatic rings. The summed E-state index contributed by atoms with van der Waals surface area (Å²) in [5.74, 6) is -1.72. The Kier molecular flexibility index (Phi) is 3.90. The van der Waals surface area contributed by atoms with Crippen LogP contribution in [0.15, 0.2) is 18.3 Å². The van der Waals surface area contributed by atoms with E-state index in [0.717, 1.165) is 0 Å². The largest absolute Gasteiger partial charge is 0.478 e. The van der Waals surface area contributed by atoms with Gasteiger partial charge in [-0.2, -0.15) is 18.3 Å². The molecule has 0 saturated heterocycles. The Morgan fingerprint density at radius 1 is 1.33 bits per heavy atom. The van der Waals surface area contributed by atoms with Crippen LogP contribution < -0.4 is 0 Å². The minimum absolute atomic E-state index is 0.00391. The van der Waals surface area contributed by atoms with E-state index in [4.69, 9.17) is 28.3 Å². The summed E-state index contributed by atoms with van der Waals surface area (Å²) in [5.41, 5.74) is -2.05. The Bertz CT molecular complexity index is 726. The van der Waals surface area contributed by atoms with Crippen molar-refractivity contribution < 1.29 is 23.1 Å². The molecule has 0 aliphatic rings. The highest BCUT2D eigenvalue weighted by atomic mass is 35.5. The molecule has 0 atom stereocenters. The first kappa shape index (κ1) is 15.7. The van der Waals surface area contributed by atoms with Crippen LogP contribution in [-0.2, 0) is 6.18 Å². The van der Waals surface area contributed by atoms with Crippen molar-refractivity contribution >= 4 is 29.2 Å². The van der Waals surface area contributed by atoms with Crippen LogP contribution in [0.5, 0.6) is 0 Å². The van der Waals surface area contributed by atoms with E-state index in [1.54, 1.807) is 0 Å². The second-order valence-electron chi connectivity index (χ2n) is 4.13. The number of aromatic nitrogens is 2. The van der Waals surface area contributed by atoms with Gasteiger partial charge in [0.15, 0.2) is 5.69 Å². The van der Waals surface area contributed by atoms with Gasteiger partial charge in [-0.05, 0) is 24.6 Å². The highest BCUT2D eigenvalue weighted by Gasteiger charge is 2.41. The lowest BCUT2D eigenvalue weighted by molar-refractivity contribution is -0.143. The third kappa shape index (κ3) is 2.71. The normalized spacial score (nSPS) is 11.7. The molecule has 0 spiro atoms. The summed E-state index contributed by atoms with van der Waals surface area (Å²) in [5, 5.41) is 12.6. The molecule has 0 fully saturated rings. The fraction of sp³-hybridized carbons (Fsp3) is 0.167. The Hall–Kier alpha value is -1.73. The quantitative estimate of drug-likeness (QED) is 0.892. The maximum absolute atomic E-state index is 13.1. The number of carbonyl (C=O) groups is 1. The van der Waals surface area contributed by atoms with Gasteiger partial charge in [0.1, 0.15) is 5.56 Å². The topological polar surface area (TPSA) is 55.1 Å². The van der Waals surface area contributed by atoms with Gasteiger partial charge in [-0.25, -0.2) is 9.48 Å². The monoisotopic (exact) mass is 338 g/mol. The number of hydrogen-bond acceptors (Lipinski definition) is 2. The van der Waals surface area contributed by atoms with E-state index in [1.165, 1.54) is 19.1 Å². The van der Waals surface area contributed by atoms with Gasteiger partial charge in [0.25, 0.3) is 0 Å². The lowest BCUT2D eigenvalue weighted by atomic mass is 10.2. The van der Waals surface area contributed by atoms with Crippen molar-refractivity contribution in [1.82, 2.24) is 9.78 Å². The molecule has 0 unspecified atom stereocenters. The molecule has 2 rings (SSSR count). The lowest BCUT2D eigenvalue weighted by Crippen LogP contribution is -2.18. The van der Waals surface area contributed by atoms with Crippen LogP contribution in [0.4, 0.5) is 13.2 Å². The molecule has 1 aromatic heterocycles. The minimum Gasteiger partial charge on any atom is -0.478 e. The smallest absolute Gasteiger partial charge is 0.434 e. The number of nitrogens with zero attached hydrogens (tertiary/aromatic N) is 2. The molecular weight excluding hydrogens is 332 g/mol. The van der Waals surface area contributed by atoms with Gasteiger partial charge in [0.05, 0.1) is 21.9 Å². The van der Waals surface area contributed by atoms with Gasteiger partial charge >= 0.3 is 12.1 Å². The van der Waals surface area contributed by atoms with E-state index in [0.29, 0.717) is 10.9 Å². The molecule has 21 heavy (non-hydrogen) atoms.